The second-order valence-electron chi connectivity index (χ2n) is 4.96. The molecule has 0 N–H and O–H groups in total. The van der Waals surface area contributed by atoms with E-state index < -0.39 is 0 Å². The van der Waals surface area contributed by atoms with Gasteiger partial charge in [0, 0.05) is 24.1 Å². The number of aromatic nitrogens is 1. The van der Waals surface area contributed by atoms with Crippen LogP contribution in [0.1, 0.15) is 21.7 Å². The zero-order chi connectivity index (χ0) is 14.8. The van der Waals surface area contributed by atoms with Crippen LogP contribution in [0.15, 0.2) is 47.0 Å². The predicted molar refractivity (Wildman–Crippen MR) is 79.8 cm³/mol. The molecule has 0 atom stereocenters. The number of carbonyl (C=O) groups is 1. The van der Waals surface area contributed by atoms with E-state index in [2.05, 4.69) is 4.98 Å². The molecule has 3 aromatic rings. The third kappa shape index (κ3) is 2.79. The Morgan fingerprint density at radius 2 is 2.10 bits per heavy atom. The van der Waals surface area contributed by atoms with Crippen LogP contribution in [0.25, 0.3) is 11.0 Å². The number of fused-ring (bicyclic) bond motifs is 1. The summed E-state index contributed by atoms with van der Waals surface area (Å²) in [5.41, 5.74) is 2.70. The summed E-state index contributed by atoms with van der Waals surface area (Å²) in [7, 11) is 1.56. The molecule has 0 saturated heterocycles. The lowest BCUT2D eigenvalue weighted by molar-refractivity contribution is 0.0968. The molecule has 1 aromatic carbocycles. The van der Waals surface area contributed by atoms with Crippen LogP contribution in [-0.2, 0) is 6.42 Å². The van der Waals surface area contributed by atoms with Crippen molar-refractivity contribution in [3.05, 3.63) is 59.5 Å². The average Bonchev–Trinajstić information content (AvgIpc) is 2.91. The van der Waals surface area contributed by atoms with E-state index in [9.17, 15) is 4.79 Å². The first-order valence-electron chi connectivity index (χ1n) is 6.68. The van der Waals surface area contributed by atoms with E-state index in [0.717, 1.165) is 22.1 Å². The summed E-state index contributed by atoms with van der Waals surface area (Å²) < 4.78 is 10.6. The molecule has 106 valence electrons. The quantitative estimate of drug-likeness (QED) is 0.686. The number of methoxy groups -OCH3 is 1. The standard InChI is InChI=1S/C17H15NO3/c1-11-3-5-15-13(7-11)9-16(21-15)14(19)8-12-4-6-17(20-2)18-10-12/h3-7,9-10H,8H2,1-2H3. The molecule has 0 aliphatic carbocycles. The Kier molecular flexibility index (Phi) is 3.44. The summed E-state index contributed by atoms with van der Waals surface area (Å²) >= 11 is 0. The molecule has 0 radical (unpaired) electrons. The second-order valence-corrected chi connectivity index (χ2v) is 4.96. The molecule has 3 rings (SSSR count). The molecule has 4 nitrogen and oxygen atoms in total. The number of hydrogen-bond donors (Lipinski definition) is 0. The third-order valence-corrected chi connectivity index (χ3v) is 3.32. The van der Waals surface area contributed by atoms with Crippen LogP contribution in [0.4, 0.5) is 0 Å². The van der Waals surface area contributed by atoms with Crippen molar-refractivity contribution in [1.82, 2.24) is 4.98 Å². The first-order valence-corrected chi connectivity index (χ1v) is 6.68. The topological polar surface area (TPSA) is 52.3 Å². The van der Waals surface area contributed by atoms with E-state index in [1.807, 2.05) is 31.2 Å². The van der Waals surface area contributed by atoms with Gasteiger partial charge >= 0.3 is 0 Å². The Morgan fingerprint density at radius 3 is 2.81 bits per heavy atom. The van der Waals surface area contributed by atoms with E-state index in [-0.39, 0.29) is 12.2 Å². The van der Waals surface area contributed by atoms with Crippen molar-refractivity contribution >= 4 is 16.8 Å². The Morgan fingerprint density at radius 1 is 1.24 bits per heavy atom. The SMILES string of the molecule is COc1ccc(CC(=O)c2cc3cc(C)ccc3o2)cn1. The van der Waals surface area contributed by atoms with Crippen molar-refractivity contribution < 1.29 is 13.9 Å². The molecule has 2 heterocycles. The second kappa shape index (κ2) is 5.40. The lowest BCUT2D eigenvalue weighted by Crippen LogP contribution is -2.02. The molecule has 0 unspecified atom stereocenters. The summed E-state index contributed by atoms with van der Waals surface area (Å²) in [6, 6.07) is 11.2. The molecular weight excluding hydrogens is 266 g/mol. The highest BCUT2D eigenvalue weighted by molar-refractivity contribution is 5.98. The molecule has 21 heavy (non-hydrogen) atoms. The van der Waals surface area contributed by atoms with E-state index in [4.69, 9.17) is 9.15 Å². The van der Waals surface area contributed by atoms with Crippen LogP contribution in [-0.4, -0.2) is 17.9 Å². The van der Waals surface area contributed by atoms with Gasteiger partial charge in [0.15, 0.2) is 5.76 Å². The minimum absolute atomic E-state index is 0.0594. The lowest BCUT2D eigenvalue weighted by atomic mass is 10.1. The molecule has 0 aliphatic heterocycles. The van der Waals surface area contributed by atoms with Gasteiger partial charge in [-0.15, -0.1) is 0 Å². The van der Waals surface area contributed by atoms with Gasteiger partial charge in [0.25, 0.3) is 0 Å². The maximum Gasteiger partial charge on any atom is 0.212 e. The van der Waals surface area contributed by atoms with Crippen LogP contribution in [0.5, 0.6) is 5.88 Å². The molecule has 2 aromatic heterocycles. The van der Waals surface area contributed by atoms with Gasteiger partial charge in [-0.2, -0.15) is 0 Å². The highest BCUT2D eigenvalue weighted by Crippen LogP contribution is 2.22. The molecule has 0 bridgehead atoms. The number of benzene rings is 1. The summed E-state index contributed by atoms with van der Waals surface area (Å²) in [6.07, 6.45) is 1.90. The van der Waals surface area contributed by atoms with Gasteiger partial charge in [0.2, 0.25) is 11.7 Å². The van der Waals surface area contributed by atoms with Crippen LogP contribution in [0, 0.1) is 6.92 Å². The number of ketones is 1. The van der Waals surface area contributed by atoms with Gasteiger partial charge in [-0.05, 0) is 30.7 Å². The van der Waals surface area contributed by atoms with Gasteiger partial charge < -0.3 is 9.15 Å². The number of ether oxygens (including phenoxy) is 1. The van der Waals surface area contributed by atoms with E-state index >= 15 is 0 Å². The summed E-state index contributed by atoms with van der Waals surface area (Å²) in [4.78, 5) is 16.4. The minimum atomic E-state index is -0.0594. The van der Waals surface area contributed by atoms with Crippen molar-refractivity contribution in [1.29, 1.82) is 0 Å². The zero-order valence-electron chi connectivity index (χ0n) is 11.9. The van der Waals surface area contributed by atoms with Gasteiger partial charge in [0.1, 0.15) is 5.58 Å². The fourth-order valence-electron chi connectivity index (χ4n) is 2.21. The normalized spacial score (nSPS) is 10.8. The monoisotopic (exact) mass is 281 g/mol. The lowest BCUT2D eigenvalue weighted by Gasteiger charge is -2.00. The van der Waals surface area contributed by atoms with E-state index in [1.54, 1.807) is 25.4 Å². The summed E-state index contributed by atoms with van der Waals surface area (Å²) in [5.74, 6) is 0.854. The largest absolute Gasteiger partial charge is 0.481 e. The van der Waals surface area contributed by atoms with Crippen molar-refractivity contribution in [2.24, 2.45) is 0 Å². The minimum Gasteiger partial charge on any atom is -0.481 e. The summed E-state index contributed by atoms with van der Waals surface area (Å²) in [6.45, 7) is 2.01. The fourth-order valence-corrected chi connectivity index (χ4v) is 2.21. The number of pyridine rings is 1. The van der Waals surface area contributed by atoms with Crippen LogP contribution in [0.3, 0.4) is 0 Å². The summed E-state index contributed by atoms with van der Waals surface area (Å²) in [5, 5.41) is 0.950. The molecular formula is C17H15NO3. The Hall–Kier alpha value is -2.62. The van der Waals surface area contributed by atoms with Crippen molar-refractivity contribution in [3.8, 4) is 5.88 Å². The van der Waals surface area contributed by atoms with E-state index in [1.165, 1.54) is 0 Å². The maximum absolute atomic E-state index is 12.3. The number of Topliss-reactive ketones (excluding diaryl/α,β-unsaturated/α-hetero) is 1. The zero-order valence-corrected chi connectivity index (χ0v) is 11.9. The smallest absolute Gasteiger partial charge is 0.212 e. The van der Waals surface area contributed by atoms with E-state index in [0.29, 0.717) is 11.6 Å². The maximum atomic E-state index is 12.3. The number of rotatable bonds is 4. The van der Waals surface area contributed by atoms with Crippen molar-refractivity contribution in [3.63, 3.8) is 0 Å². The van der Waals surface area contributed by atoms with Crippen LogP contribution in [0.2, 0.25) is 0 Å². The Labute approximate surface area is 122 Å². The first-order chi connectivity index (χ1) is 10.2. The Balaban J connectivity index is 1.82. The number of carbonyl (C=O) groups excluding carboxylic acids is 1. The highest BCUT2D eigenvalue weighted by atomic mass is 16.5. The van der Waals surface area contributed by atoms with Gasteiger partial charge in [-0.25, -0.2) is 4.98 Å². The van der Waals surface area contributed by atoms with Gasteiger partial charge in [0.05, 0.1) is 7.11 Å². The number of aryl methyl sites for hydroxylation is 1. The molecule has 0 amide bonds. The molecule has 0 saturated carbocycles. The number of nitrogens with zero attached hydrogens (tertiary/aromatic N) is 1. The van der Waals surface area contributed by atoms with Crippen molar-refractivity contribution in [2.45, 2.75) is 13.3 Å². The van der Waals surface area contributed by atoms with Gasteiger partial charge in [-0.1, -0.05) is 17.7 Å². The third-order valence-electron chi connectivity index (χ3n) is 3.32. The fraction of sp³-hybridized carbons (Fsp3) is 0.176. The van der Waals surface area contributed by atoms with Crippen LogP contribution < -0.4 is 4.74 Å². The van der Waals surface area contributed by atoms with Crippen LogP contribution >= 0.6 is 0 Å². The molecule has 0 fully saturated rings. The van der Waals surface area contributed by atoms with Crippen molar-refractivity contribution in [2.75, 3.05) is 7.11 Å². The molecule has 0 spiro atoms. The Bertz CT molecular complexity index is 787. The first kappa shape index (κ1) is 13.4. The number of furan rings is 1. The average molecular weight is 281 g/mol. The molecule has 4 heteroatoms. The highest BCUT2D eigenvalue weighted by Gasteiger charge is 2.13. The van der Waals surface area contributed by atoms with Gasteiger partial charge in [-0.3, -0.25) is 4.79 Å². The number of hydrogen-bond acceptors (Lipinski definition) is 4. The molecule has 0 aliphatic rings. The predicted octanol–water partition coefficient (Wildman–Crippen LogP) is 3.57.